The summed E-state index contributed by atoms with van der Waals surface area (Å²) in [4.78, 5) is 13.0. The van der Waals surface area contributed by atoms with Crippen LogP contribution in [0.25, 0.3) is 0 Å². The topological polar surface area (TPSA) is 98.7 Å². The highest BCUT2D eigenvalue weighted by molar-refractivity contribution is 5.86. The number of aliphatic hydroxyl groups is 1. The van der Waals surface area contributed by atoms with Gasteiger partial charge < -0.3 is 14.9 Å². The molecule has 100 valence electrons. The van der Waals surface area contributed by atoms with Crippen molar-refractivity contribution in [1.82, 2.24) is 15.1 Å². The first-order valence-corrected chi connectivity index (χ1v) is 5.88. The molecule has 0 spiro atoms. The number of carboxylic acids is 1. The summed E-state index contributed by atoms with van der Waals surface area (Å²) in [5.74, 6) is -1.03. The van der Waals surface area contributed by atoms with Gasteiger partial charge in [0.15, 0.2) is 0 Å². The third-order valence-corrected chi connectivity index (χ3v) is 3.20. The van der Waals surface area contributed by atoms with E-state index < -0.39 is 12.1 Å². The molecule has 7 nitrogen and oxygen atoms in total. The number of aromatic nitrogens is 2. The van der Waals surface area contributed by atoms with E-state index in [9.17, 15) is 9.90 Å². The van der Waals surface area contributed by atoms with Crippen LogP contribution in [0.4, 0.5) is 0 Å². The molecule has 0 unspecified atom stereocenters. The maximum Gasteiger partial charge on any atom is 0.354 e. The minimum absolute atomic E-state index is 0.0912. The summed E-state index contributed by atoms with van der Waals surface area (Å²) in [6.45, 7) is 3.90. The molecule has 1 aromatic rings. The largest absolute Gasteiger partial charge is 0.477 e. The number of carboxylic acid groups (broad SMARTS) is 1. The molecule has 3 N–H and O–H groups in total. The van der Waals surface area contributed by atoms with Gasteiger partial charge in [-0.25, -0.2) is 4.79 Å². The van der Waals surface area contributed by atoms with Crippen molar-refractivity contribution < 1.29 is 19.7 Å². The van der Waals surface area contributed by atoms with E-state index in [-0.39, 0.29) is 11.7 Å². The minimum Gasteiger partial charge on any atom is -0.477 e. The number of likely N-dealkylation sites (N-methyl/N-ethyl adjacent to an activating group) is 1. The Kier molecular flexibility index (Phi) is 3.95. The monoisotopic (exact) mass is 255 g/mol. The van der Waals surface area contributed by atoms with E-state index >= 15 is 0 Å². The van der Waals surface area contributed by atoms with E-state index in [0.29, 0.717) is 31.9 Å². The molecule has 1 fully saturated rings. The molecule has 2 atom stereocenters. The van der Waals surface area contributed by atoms with E-state index in [1.54, 1.807) is 0 Å². The van der Waals surface area contributed by atoms with Crippen LogP contribution in [-0.4, -0.2) is 63.2 Å². The highest BCUT2D eigenvalue weighted by atomic mass is 16.5. The molecule has 7 heteroatoms. The Labute approximate surface area is 104 Å². The number of hydrogen-bond donors (Lipinski definition) is 3. The second kappa shape index (κ2) is 5.47. The van der Waals surface area contributed by atoms with E-state index in [2.05, 4.69) is 10.2 Å². The molecule has 0 aromatic carbocycles. The van der Waals surface area contributed by atoms with Crippen molar-refractivity contribution in [3.63, 3.8) is 0 Å². The average molecular weight is 255 g/mol. The molecule has 0 saturated carbocycles. The molecule has 2 rings (SSSR count). The van der Waals surface area contributed by atoms with Gasteiger partial charge in [0.1, 0.15) is 5.69 Å². The van der Waals surface area contributed by atoms with Gasteiger partial charge in [0.25, 0.3) is 0 Å². The van der Waals surface area contributed by atoms with Crippen molar-refractivity contribution in [2.45, 2.75) is 25.6 Å². The van der Waals surface area contributed by atoms with Crippen molar-refractivity contribution in [3.05, 3.63) is 17.5 Å². The maximum absolute atomic E-state index is 11.0. The van der Waals surface area contributed by atoms with Crippen LogP contribution in [0.5, 0.6) is 0 Å². The number of ether oxygens (including phenoxy) is 1. The number of hydrogen-bond acceptors (Lipinski definition) is 5. The zero-order chi connectivity index (χ0) is 13.1. The number of carbonyl (C=O) groups is 1. The SMILES string of the molecule is CCN(Cc1cn[nH]c1C(=O)O)[C@@H]1COC[C@H]1O. The highest BCUT2D eigenvalue weighted by Gasteiger charge is 2.31. The Morgan fingerprint density at radius 3 is 3.00 bits per heavy atom. The van der Waals surface area contributed by atoms with Crippen LogP contribution >= 0.6 is 0 Å². The number of aromatic amines is 1. The molecule has 0 radical (unpaired) electrons. The van der Waals surface area contributed by atoms with Crippen LogP contribution in [-0.2, 0) is 11.3 Å². The van der Waals surface area contributed by atoms with Gasteiger partial charge in [0.05, 0.1) is 31.6 Å². The highest BCUT2D eigenvalue weighted by Crippen LogP contribution is 2.17. The van der Waals surface area contributed by atoms with Crippen molar-refractivity contribution in [1.29, 1.82) is 0 Å². The van der Waals surface area contributed by atoms with Crippen molar-refractivity contribution >= 4 is 5.97 Å². The first-order valence-electron chi connectivity index (χ1n) is 5.88. The molecule has 1 aliphatic rings. The lowest BCUT2D eigenvalue weighted by atomic mass is 10.1. The molecule has 1 aliphatic heterocycles. The van der Waals surface area contributed by atoms with Crippen LogP contribution < -0.4 is 0 Å². The molecule has 1 aromatic heterocycles. The second-order valence-electron chi connectivity index (χ2n) is 4.31. The third-order valence-electron chi connectivity index (χ3n) is 3.20. The van der Waals surface area contributed by atoms with Crippen molar-refractivity contribution in [2.75, 3.05) is 19.8 Å². The van der Waals surface area contributed by atoms with Gasteiger partial charge in [-0.3, -0.25) is 10.00 Å². The van der Waals surface area contributed by atoms with Gasteiger partial charge in [0, 0.05) is 12.1 Å². The molecule has 0 amide bonds. The number of rotatable bonds is 5. The number of aromatic carboxylic acids is 1. The van der Waals surface area contributed by atoms with Crippen LogP contribution in [0.2, 0.25) is 0 Å². The van der Waals surface area contributed by atoms with Gasteiger partial charge in [-0.15, -0.1) is 0 Å². The summed E-state index contributed by atoms with van der Waals surface area (Å²) in [6, 6.07) is -0.0912. The standard InChI is InChI=1S/C11H17N3O4/c1-2-14(8-5-18-6-9(8)15)4-7-3-12-13-10(7)11(16)17/h3,8-9,15H,2,4-6H2,1H3,(H,12,13)(H,16,17)/t8-,9-/m1/s1. The van der Waals surface area contributed by atoms with Crippen molar-refractivity contribution in [3.8, 4) is 0 Å². The van der Waals surface area contributed by atoms with Crippen molar-refractivity contribution in [2.24, 2.45) is 0 Å². The average Bonchev–Trinajstić information content (AvgIpc) is 2.94. The summed E-state index contributed by atoms with van der Waals surface area (Å²) in [5, 5.41) is 25.0. The normalized spacial score (nSPS) is 23.7. The molecule has 18 heavy (non-hydrogen) atoms. The molecular weight excluding hydrogens is 238 g/mol. The Morgan fingerprint density at radius 1 is 1.67 bits per heavy atom. The van der Waals surface area contributed by atoms with Crippen LogP contribution in [0.3, 0.4) is 0 Å². The molecule has 0 bridgehead atoms. The van der Waals surface area contributed by atoms with E-state index in [1.807, 2.05) is 11.8 Å². The summed E-state index contributed by atoms with van der Waals surface area (Å²) >= 11 is 0. The number of nitrogens with zero attached hydrogens (tertiary/aromatic N) is 2. The smallest absolute Gasteiger partial charge is 0.354 e. The lowest BCUT2D eigenvalue weighted by molar-refractivity contribution is 0.0680. The fourth-order valence-electron chi connectivity index (χ4n) is 2.18. The summed E-state index contributed by atoms with van der Waals surface area (Å²) in [7, 11) is 0. The van der Waals surface area contributed by atoms with Crippen LogP contribution in [0.15, 0.2) is 6.20 Å². The molecule has 0 aliphatic carbocycles. The zero-order valence-electron chi connectivity index (χ0n) is 10.2. The van der Waals surface area contributed by atoms with Gasteiger partial charge >= 0.3 is 5.97 Å². The van der Waals surface area contributed by atoms with E-state index in [1.165, 1.54) is 6.20 Å². The Bertz CT molecular complexity index is 420. The van der Waals surface area contributed by atoms with Gasteiger partial charge in [0.2, 0.25) is 0 Å². The van der Waals surface area contributed by atoms with Gasteiger partial charge in [-0.05, 0) is 6.54 Å². The lowest BCUT2D eigenvalue weighted by Crippen LogP contribution is -2.42. The van der Waals surface area contributed by atoms with Crippen LogP contribution in [0.1, 0.15) is 23.0 Å². The summed E-state index contributed by atoms with van der Waals surface area (Å²) in [6.07, 6.45) is 0.985. The molecule has 1 saturated heterocycles. The quantitative estimate of drug-likeness (QED) is 0.667. The molecule has 2 heterocycles. The number of nitrogens with one attached hydrogen (secondary N) is 1. The first-order chi connectivity index (χ1) is 8.63. The first kappa shape index (κ1) is 13.0. The predicted molar refractivity (Wildman–Crippen MR) is 62.2 cm³/mol. The second-order valence-corrected chi connectivity index (χ2v) is 4.31. The number of H-pyrrole nitrogens is 1. The number of aliphatic hydroxyl groups excluding tert-OH is 1. The predicted octanol–water partition coefficient (Wildman–Crippen LogP) is -0.310. The fraction of sp³-hybridized carbons (Fsp3) is 0.636. The fourth-order valence-corrected chi connectivity index (χ4v) is 2.18. The Balaban J connectivity index is 2.10. The minimum atomic E-state index is -1.03. The van der Waals surface area contributed by atoms with E-state index in [0.717, 1.165) is 0 Å². The molecular formula is C11H17N3O4. The maximum atomic E-state index is 11.0. The lowest BCUT2D eigenvalue weighted by Gasteiger charge is -2.28. The third kappa shape index (κ3) is 2.53. The Hall–Kier alpha value is -1.44. The van der Waals surface area contributed by atoms with Gasteiger partial charge in [-0.1, -0.05) is 6.92 Å². The van der Waals surface area contributed by atoms with Gasteiger partial charge in [-0.2, -0.15) is 5.10 Å². The zero-order valence-corrected chi connectivity index (χ0v) is 10.2. The summed E-state index contributed by atoms with van der Waals surface area (Å²) < 4.78 is 5.22. The van der Waals surface area contributed by atoms with E-state index in [4.69, 9.17) is 9.84 Å². The van der Waals surface area contributed by atoms with Crippen LogP contribution in [0, 0.1) is 0 Å². The summed E-state index contributed by atoms with van der Waals surface area (Å²) in [5.41, 5.74) is 0.713. The Morgan fingerprint density at radius 2 is 2.44 bits per heavy atom.